The quantitative estimate of drug-likeness (QED) is 0.878. The van der Waals surface area contributed by atoms with Crippen molar-refractivity contribution in [1.29, 1.82) is 0 Å². The van der Waals surface area contributed by atoms with Crippen molar-refractivity contribution < 1.29 is 4.74 Å². The summed E-state index contributed by atoms with van der Waals surface area (Å²) in [5.41, 5.74) is 7.46. The highest BCUT2D eigenvalue weighted by atomic mass is 16.5. The zero-order chi connectivity index (χ0) is 14.5. The van der Waals surface area contributed by atoms with Crippen LogP contribution in [0.3, 0.4) is 0 Å². The molecule has 0 unspecified atom stereocenters. The first-order valence-electron chi connectivity index (χ1n) is 8.14. The van der Waals surface area contributed by atoms with E-state index in [9.17, 15) is 0 Å². The highest BCUT2D eigenvalue weighted by Crippen LogP contribution is 2.31. The van der Waals surface area contributed by atoms with Crippen molar-refractivity contribution in [2.24, 2.45) is 11.7 Å². The second-order valence-electron chi connectivity index (χ2n) is 6.23. The van der Waals surface area contributed by atoms with Crippen LogP contribution in [0.4, 0.5) is 0 Å². The van der Waals surface area contributed by atoms with Gasteiger partial charge in [-0.15, -0.1) is 0 Å². The third kappa shape index (κ3) is 3.83. The van der Waals surface area contributed by atoms with Crippen LogP contribution in [0.5, 0.6) is 0 Å². The third-order valence-corrected chi connectivity index (χ3v) is 4.88. The highest BCUT2D eigenvalue weighted by Gasteiger charge is 2.32. The normalized spacial score (nSPS) is 28.0. The van der Waals surface area contributed by atoms with Crippen LogP contribution in [0.1, 0.15) is 11.5 Å². The first kappa shape index (κ1) is 15.0. The van der Waals surface area contributed by atoms with E-state index in [1.165, 1.54) is 5.56 Å². The van der Waals surface area contributed by atoms with Gasteiger partial charge in [0.2, 0.25) is 0 Å². The van der Waals surface area contributed by atoms with Crippen molar-refractivity contribution in [3.05, 3.63) is 35.9 Å². The summed E-state index contributed by atoms with van der Waals surface area (Å²) in [6, 6.07) is 10.9. The molecule has 0 spiro atoms. The maximum atomic E-state index is 6.01. The van der Waals surface area contributed by atoms with Crippen LogP contribution in [-0.2, 0) is 4.74 Å². The number of nitrogens with zero attached hydrogens (tertiary/aromatic N) is 2. The van der Waals surface area contributed by atoms with Gasteiger partial charge in [0.1, 0.15) is 0 Å². The summed E-state index contributed by atoms with van der Waals surface area (Å²) in [6.45, 7) is 9.31. The molecule has 116 valence electrons. The van der Waals surface area contributed by atoms with Crippen molar-refractivity contribution in [1.82, 2.24) is 9.80 Å². The van der Waals surface area contributed by atoms with Gasteiger partial charge >= 0.3 is 0 Å². The van der Waals surface area contributed by atoms with E-state index in [1.54, 1.807) is 0 Å². The van der Waals surface area contributed by atoms with Crippen LogP contribution in [0.2, 0.25) is 0 Å². The fraction of sp³-hybridized carbons (Fsp3) is 0.647. The number of ether oxygens (including phenoxy) is 1. The Balaban J connectivity index is 1.54. The summed E-state index contributed by atoms with van der Waals surface area (Å²) in [7, 11) is 0. The van der Waals surface area contributed by atoms with Gasteiger partial charge in [-0.25, -0.2) is 0 Å². The minimum absolute atomic E-state index is 0.595. The predicted octanol–water partition coefficient (Wildman–Crippen LogP) is 0.993. The van der Waals surface area contributed by atoms with E-state index in [-0.39, 0.29) is 0 Å². The van der Waals surface area contributed by atoms with E-state index in [2.05, 4.69) is 40.1 Å². The summed E-state index contributed by atoms with van der Waals surface area (Å²) in [5, 5.41) is 0. The van der Waals surface area contributed by atoms with Gasteiger partial charge in [0, 0.05) is 45.2 Å². The number of nitrogens with two attached hydrogens (primary N) is 1. The molecule has 4 heteroatoms. The van der Waals surface area contributed by atoms with Gasteiger partial charge in [-0.2, -0.15) is 0 Å². The van der Waals surface area contributed by atoms with Crippen molar-refractivity contribution in [3.8, 4) is 0 Å². The van der Waals surface area contributed by atoms with Crippen LogP contribution in [-0.4, -0.2) is 68.8 Å². The van der Waals surface area contributed by atoms with Crippen LogP contribution in [0.15, 0.2) is 30.3 Å². The molecule has 2 aliphatic heterocycles. The Hall–Kier alpha value is -0.940. The lowest BCUT2D eigenvalue weighted by Crippen LogP contribution is -2.41. The molecule has 21 heavy (non-hydrogen) atoms. The average Bonchev–Trinajstić information content (AvgIpc) is 2.98. The molecule has 2 fully saturated rings. The van der Waals surface area contributed by atoms with Crippen molar-refractivity contribution in [2.45, 2.75) is 5.92 Å². The Kier molecular flexibility index (Phi) is 5.25. The smallest absolute Gasteiger partial charge is 0.0594 e. The Morgan fingerprint density at radius 3 is 2.43 bits per heavy atom. The van der Waals surface area contributed by atoms with Crippen molar-refractivity contribution >= 4 is 0 Å². The average molecular weight is 289 g/mol. The molecular formula is C17H27N3O. The minimum Gasteiger partial charge on any atom is -0.379 e. The highest BCUT2D eigenvalue weighted by molar-refractivity contribution is 5.22. The molecular weight excluding hydrogens is 262 g/mol. The molecule has 0 aromatic heterocycles. The summed E-state index contributed by atoms with van der Waals surface area (Å²) < 4.78 is 5.41. The summed E-state index contributed by atoms with van der Waals surface area (Å²) in [6.07, 6.45) is 0. The van der Waals surface area contributed by atoms with Crippen LogP contribution in [0.25, 0.3) is 0 Å². The number of morpholine rings is 1. The number of likely N-dealkylation sites (tertiary alicyclic amines) is 1. The zero-order valence-electron chi connectivity index (χ0n) is 12.8. The van der Waals surface area contributed by atoms with E-state index in [0.717, 1.165) is 59.0 Å². The van der Waals surface area contributed by atoms with Gasteiger partial charge < -0.3 is 15.4 Å². The van der Waals surface area contributed by atoms with Gasteiger partial charge in [-0.1, -0.05) is 30.3 Å². The standard InChI is InChI=1S/C17H27N3O/c18-12-16-13-20(7-6-19-8-10-21-11-9-19)14-17(16)15-4-2-1-3-5-15/h1-5,16-17H,6-14,18H2/t16-,17+/m1/s1. The summed E-state index contributed by atoms with van der Waals surface area (Å²) >= 11 is 0. The van der Waals surface area contributed by atoms with Gasteiger partial charge in [-0.3, -0.25) is 4.90 Å². The molecule has 4 nitrogen and oxygen atoms in total. The fourth-order valence-electron chi connectivity index (χ4n) is 3.57. The molecule has 1 aromatic carbocycles. The molecule has 2 aliphatic rings. The Morgan fingerprint density at radius 1 is 1.00 bits per heavy atom. The summed E-state index contributed by atoms with van der Waals surface area (Å²) in [5.74, 6) is 1.19. The van der Waals surface area contributed by atoms with Gasteiger partial charge in [0.15, 0.2) is 0 Å². The SMILES string of the molecule is NC[C@@H]1CN(CCN2CCOCC2)C[C@H]1c1ccccc1. The number of benzene rings is 1. The minimum atomic E-state index is 0.595. The number of rotatable bonds is 5. The van der Waals surface area contributed by atoms with Crippen LogP contribution >= 0.6 is 0 Å². The Labute approximate surface area is 127 Å². The zero-order valence-corrected chi connectivity index (χ0v) is 12.8. The van der Waals surface area contributed by atoms with E-state index in [4.69, 9.17) is 10.5 Å². The molecule has 2 saturated heterocycles. The van der Waals surface area contributed by atoms with Gasteiger partial charge in [-0.05, 0) is 18.0 Å². The number of hydrogen-bond acceptors (Lipinski definition) is 4. The van der Waals surface area contributed by atoms with E-state index in [0.29, 0.717) is 11.8 Å². The fourth-order valence-corrected chi connectivity index (χ4v) is 3.57. The largest absolute Gasteiger partial charge is 0.379 e. The second-order valence-corrected chi connectivity index (χ2v) is 6.23. The molecule has 3 rings (SSSR count). The molecule has 0 saturated carbocycles. The summed E-state index contributed by atoms with van der Waals surface area (Å²) in [4.78, 5) is 5.10. The van der Waals surface area contributed by atoms with Crippen LogP contribution in [0, 0.1) is 5.92 Å². The lowest BCUT2D eigenvalue weighted by atomic mass is 9.89. The maximum Gasteiger partial charge on any atom is 0.0594 e. The molecule has 1 aromatic rings. The third-order valence-electron chi connectivity index (χ3n) is 4.88. The van der Waals surface area contributed by atoms with Crippen molar-refractivity contribution in [2.75, 3.05) is 59.0 Å². The first-order chi connectivity index (χ1) is 10.4. The lowest BCUT2D eigenvalue weighted by molar-refractivity contribution is 0.0342. The lowest BCUT2D eigenvalue weighted by Gasteiger charge is -2.28. The topological polar surface area (TPSA) is 41.7 Å². The Bertz CT molecular complexity index is 419. The first-order valence-corrected chi connectivity index (χ1v) is 8.14. The van der Waals surface area contributed by atoms with Crippen molar-refractivity contribution in [3.63, 3.8) is 0 Å². The molecule has 0 bridgehead atoms. The second kappa shape index (κ2) is 7.36. The molecule has 2 N–H and O–H groups in total. The van der Waals surface area contributed by atoms with E-state index < -0.39 is 0 Å². The molecule has 2 atom stereocenters. The van der Waals surface area contributed by atoms with Gasteiger partial charge in [0.25, 0.3) is 0 Å². The predicted molar refractivity (Wildman–Crippen MR) is 85.4 cm³/mol. The van der Waals surface area contributed by atoms with E-state index in [1.807, 2.05) is 0 Å². The number of hydrogen-bond donors (Lipinski definition) is 1. The maximum absolute atomic E-state index is 6.01. The van der Waals surface area contributed by atoms with Gasteiger partial charge in [0.05, 0.1) is 13.2 Å². The van der Waals surface area contributed by atoms with Crippen LogP contribution < -0.4 is 5.73 Å². The molecule has 0 amide bonds. The monoisotopic (exact) mass is 289 g/mol. The molecule has 2 heterocycles. The van der Waals surface area contributed by atoms with E-state index >= 15 is 0 Å². The Morgan fingerprint density at radius 2 is 1.71 bits per heavy atom. The molecule has 0 radical (unpaired) electrons. The molecule has 0 aliphatic carbocycles.